The molecule has 0 saturated heterocycles. The maximum Gasteiger partial charge on any atom is 0.0701 e. The van der Waals surface area contributed by atoms with Crippen LogP contribution in [0, 0.1) is 0 Å². The molecule has 0 fully saturated rings. The van der Waals surface area contributed by atoms with Crippen molar-refractivity contribution in [3.63, 3.8) is 0 Å². The summed E-state index contributed by atoms with van der Waals surface area (Å²) in [5.74, 6) is 0. The Labute approximate surface area is 586 Å². The maximum atomic E-state index is 8.62. The highest BCUT2D eigenvalue weighted by Gasteiger charge is 2.03. The molecule has 0 aliphatic rings. The molecule has 27 heteroatoms. The Hall–Kier alpha value is -1.08. The molecule has 0 radical (unpaired) electrons. The summed E-state index contributed by atoms with van der Waals surface area (Å²) < 4.78 is 143. The van der Waals surface area contributed by atoms with Gasteiger partial charge in [0.2, 0.25) is 0 Å². The largest absolute Gasteiger partial charge is 0.394 e. The number of hydrogen-bond acceptors (Lipinski definition) is 27. The SMILES string of the molecule is CCCCCCCCCCCCCCCCCCOCCOCCOCCOCCOCCOCCOCCOCCOCCOCCOCCOCCOCCOCCOCCOCCOCCOCCOCCOCCOCCOCCOCCOCCOCCOCCO. The van der Waals surface area contributed by atoms with E-state index in [0.29, 0.717) is 337 Å². The van der Waals surface area contributed by atoms with E-state index < -0.39 is 0 Å². The van der Waals surface area contributed by atoms with Crippen LogP contribution in [-0.4, -0.2) is 355 Å². The number of aliphatic hydroxyl groups excluding tert-OH is 1. The molecular formula is C70H142O27. The van der Waals surface area contributed by atoms with Crippen LogP contribution in [-0.2, 0) is 123 Å². The number of hydrogen-bond donors (Lipinski definition) is 1. The minimum atomic E-state index is 0.0178. The zero-order chi connectivity index (χ0) is 69.2. The summed E-state index contributed by atoms with van der Waals surface area (Å²) >= 11 is 0. The molecule has 97 heavy (non-hydrogen) atoms. The van der Waals surface area contributed by atoms with Crippen molar-refractivity contribution in [2.45, 2.75) is 110 Å². The van der Waals surface area contributed by atoms with Gasteiger partial charge in [0.1, 0.15) is 0 Å². The molecule has 0 saturated carbocycles. The topological polar surface area (TPSA) is 260 Å². The molecule has 0 aromatic heterocycles. The Bertz CT molecular complexity index is 1240. The van der Waals surface area contributed by atoms with E-state index in [0.717, 1.165) is 13.0 Å². The second kappa shape index (κ2) is 94.9. The molecule has 584 valence electrons. The molecule has 0 aromatic carbocycles. The van der Waals surface area contributed by atoms with E-state index in [1.807, 2.05) is 0 Å². The summed E-state index contributed by atoms with van der Waals surface area (Å²) in [6, 6.07) is 0. The normalized spacial score (nSPS) is 11.8. The highest BCUT2D eigenvalue weighted by Crippen LogP contribution is 2.14. The minimum absolute atomic E-state index is 0.0178. The fourth-order valence-electron chi connectivity index (χ4n) is 8.42. The molecule has 0 aromatic rings. The van der Waals surface area contributed by atoms with Gasteiger partial charge in [0.15, 0.2) is 0 Å². The summed E-state index contributed by atoms with van der Waals surface area (Å²) in [6.07, 6.45) is 22.1. The van der Waals surface area contributed by atoms with Gasteiger partial charge >= 0.3 is 0 Å². The van der Waals surface area contributed by atoms with Gasteiger partial charge in [-0.15, -0.1) is 0 Å². The van der Waals surface area contributed by atoms with Crippen LogP contribution in [0.25, 0.3) is 0 Å². The summed E-state index contributed by atoms with van der Waals surface area (Å²) in [5, 5.41) is 8.62. The lowest BCUT2D eigenvalue weighted by atomic mass is 10.0. The van der Waals surface area contributed by atoms with Gasteiger partial charge in [-0.1, -0.05) is 103 Å². The van der Waals surface area contributed by atoms with Crippen molar-refractivity contribution in [2.75, 3.05) is 350 Å². The number of unbranched alkanes of at least 4 members (excludes halogenated alkanes) is 15. The third-order valence-corrected chi connectivity index (χ3v) is 13.7. The Kier molecular flexibility index (Phi) is 93.9. The van der Waals surface area contributed by atoms with Crippen LogP contribution < -0.4 is 0 Å². The lowest BCUT2D eigenvalue weighted by Crippen LogP contribution is -2.16. The molecule has 0 atom stereocenters. The second-order valence-electron chi connectivity index (χ2n) is 21.9. The van der Waals surface area contributed by atoms with Gasteiger partial charge < -0.3 is 128 Å². The van der Waals surface area contributed by atoms with Gasteiger partial charge in [-0.3, -0.25) is 0 Å². The van der Waals surface area contributed by atoms with Crippen LogP contribution in [0.3, 0.4) is 0 Å². The zero-order valence-corrected chi connectivity index (χ0v) is 60.9. The van der Waals surface area contributed by atoms with Crippen LogP contribution in [0.1, 0.15) is 110 Å². The van der Waals surface area contributed by atoms with Crippen molar-refractivity contribution in [2.24, 2.45) is 0 Å². The van der Waals surface area contributed by atoms with Crippen LogP contribution in [0.2, 0.25) is 0 Å². The van der Waals surface area contributed by atoms with Crippen molar-refractivity contribution < 1.29 is 128 Å². The summed E-state index contributed by atoms with van der Waals surface area (Å²) in [4.78, 5) is 0. The molecule has 0 unspecified atom stereocenters. The maximum absolute atomic E-state index is 8.62. The van der Waals surface area contributed by atoms with Crippen LogP contribution in [0.4, 0.5) is 0 Å². The average Bonchev–Trinajstić information content (AvgIpc) is 3.61. The van der Waals surface area contributed by atoms with E-state index in [-0.39, 0.29) is 6.61 Å². The molecule has 1 N–H and O–H groups in total. The van der Waals surface area contributed by atoms with Crippen molar-refractivity contribution >= 4 is 0 Å². The third-order valence-electron chi connectivity index (χ3n) is 13.7. The van der Waals surface area contributed by atoms with Gasteiger partial charge in [0, 0.05) is 6.61 Å². The summed E-state index contributed by atoms with van der Waals surface area (Å²) in [7, 11) is 0. The molecule has 0 amide bonds. The summed E-state index contributed by atoms with van der Waals surface area (Å²) in [5.41, 5.74) is 0. The van der Waals surface area contributed by atoms with Crippen molar-refractivity contribution in [3.8, 4) is 0 Å². The Morgan fingerprint density at radius 1 is 0.113 bits per heavy atom. The Morgan fingerprint density at radius 3 is 0.320 bits per heavy atom. The van der Waals surface area contributed by atoms with Crippen LogP contribution in [0.5, 0.6) is 0 Å². The first-order valence-electron chi connectivity index (χ1n) is 37.0. The van der Waals surface area contributed by atoms with Gasteiger partial charge in [0.25, 0.3) is 0 Å². The minimum Gasteiger partial charge on any atom is -0.394 e. The fourth-order valence-corrected chi connectivity index (χ4v) is 8.42. The van der Waals surface area contributed by atoms with Gasteiger partial charge in [-0.2, -0.15) is 0 Å². The zero-order valence-electron chi connectivity index (χ0n) is 60.9. The first-order chi connectivity index (χ1) is 48.4. The number of ether oxygens (including phenoxy) is 26. The smallest absolute Gasteiger partial charge is 0.0701 e. The first-order valence-corrected chi connectivity index (χ1v) is 37.0. The van der Waals surface area contributed by atoms with Gasteiger partial charge in [0.05, 0.1) is 344 Å². The Balaban J connectivity index is 3.09. The third kappa shape index (κ3) is 94.9. The fraction of sp³-hybridized carbons (Fsp3) is 1.00. The lowest BCUT2D eigenvalue weighted by Gasteiger charge is -2.09. The van der Waals surface area contributed by atoms with E-state index in [9.17, 15) is 0 Å². The number of rotatable bonds is 94. The van der Waals surface area contributed by atoms with E-state index in [1.165, 1.54) is 96.3 Å². The first kappa shape index (κ1) is 95.9. The monoisotopic (exact) mass is 1410 g/mol. The standard InChI is InChI=1S/C70H142O27/c1-2-3-4-5-6-7-8-9-10-11-12-13-14-15-16-17-19-72-21-23-74-25-27-76-29-31-78-33-35-80-37-39-82-41-43-84-45-47-86-49-51-88-53-55-90-57-59-92-61-63-94-65-67-96-69-70-97-68-66-95-64-62-93-60-58-91-56-54-89-52-50-87-48-46-85-44-42-83-40-38-81-36-34-79-32-30-77-28-26-75-24-22-73-20-18-71/h71H,2-70H2,1H3. The molecule has 27 nitrogen and oxygen atoms in total. The van der Waals surface area contributed by atoms with Gasteiger partial charge in [-0.05, 0) is 6.42 Å². The lowest BCUT2D eigenvalue weighted by molar-refractivity contribution is -0.0322. The average molecular weight is 1420 g/mol. The molecule has 0 aliphatic heterocycles. The second-order valence-corrected chi connectivity index (χ2v) is 21.9. The molecule has 0 spiro atoms. The predicted octanol–water partition coefficient (Wildman–Crippen LogP) is 6.67. The van der Waals surface area contributed by atoms with E-state index in [4.69, 9.17) is 128 Å². The van der Waals surface area contributed by atoms with E-state index in [2.05, 4.69) is 6.92 Å². The van der Waals surface area contributed by atoms with E-state index in [1.54, 1.807) is 0 Å². The van der Waals surface area contributed by atoms with Crippen molar-refractivity contribution in [1.29, 1.82) is 0 Å². The van der Waals surface area contributed by atoms with Crippen molar-refractivity contribution in [3.05, 3.63) is 0 Å². The highest BCUT2D eigenvalue weighted by molar-refractivity contribution is 4.51. The van der Waals surface area contributed by atoms with Crippen LogP contribution in [0.15, 0.2) is 0 Å². The predicted molar refractivity (Wildman–Crippen MR) is 368 cm³/mol. The molecule has 0 heterocycles. The van der Waals surface area contributed by atoms with Gasteiger partial charge in [-0.25, -0.2) is 0 Å². The quantitative estimate of drug-likeness (QED) is 0.0623. The van der Waals surface area contributed by atoms with Crippen LogP contribution >= 0.6 is 0 Å². The molecular weight excluding hydrogens is 1270 g/mol. The molecule has 0 rings (SSSR count). The Morgan fingerprint density at radius 2 is 0.206 bits per heavy atom. The van der Waals surface area contributed by atoms with E-state index >= 15 is 0 Å². The summed E-state index contributed by atoms with van der Waals surface area (Å²) in [6.45, 7) is 28.4. The highest BCUT2D eigenvalue weighted by atomic mass is 16.6. The molecule has 0 aliphatic carbocycles. The number of aliphatic hydroxyl groups is 1. The molecule has 0 bridgehead atoms. The van der Waals surface area contributed by atoms with Crippen molar-refractivity contribution in [1.82, 2.24) is 0 Å².